The number of carbonyl (C=O) groups is 2. The number of hydrogen-bond donors (Lipinski definition) is 1. The summed E-state index contributed by atoms with van der Waals surface area (Å²) in [7, 11) is 0. The third kappa shape index (κ3) is 5.63. The summed E-state index contributed by atoms with van der Waals surface area (Å²) in [6.07, 6.45) is -3.75. The van der Waals surface area contributed by atoms with Crippen molar-refractivity contribution in [2.45, 2.75) is 51.4 Å². The number of hydrogen-bond acceptors (Lipinski definition) is 5. The lowest BCUT2D eigenvalue weighted by Crippen LogP contribution is -2.48. The summed E-state index contributed by atoms with van der Waals surface area (Å²) in [6.45, 7) is 2.65. The van der Waals surface area contributed by atoms with Crippen LogP contribution in [0.1, 0.15) is 43.1 Å². The molecule has 194 valence electrons. The summed E-state index contributed by atoms with van der Waals surface area (Å²) >= 11 is 0. The Morgan fingerprint density at radius 3 is 2.64 bits per heavy atom. The van der Waals surface area contributed by atoms with Gasteiger partial charge in [-0.15, -0.1) is 0 Å². The molecule has 1 saturated heterocycles. The van der Waals surface area contributed by atoms with E-state index in [-0.39, 0.29) is 61.1 Å². The van der Waals surface area contributed by atoms with Crippen molar-refractivity contribution >= 4 is 11.8 Å². The number of benzene rings is 1. The molecule has 7 nitrogen and oxygen atoms in total. The number of nitrogens with zero attached hydrogens (tertiary/aromatic N) is 4. The van der Waals surface area contributed by atoms with E-state index in [9.17, 15) is 31.5 Å². The van der Waals surface area contributed by atoms with Gasteiger partial charge >= 0.3 is 6.18 Å². The average Bonchev–Trinajstić information content (AvgIpc) is 2.81. The minimum absolute atomic E-state index is 0.00902. The Morgan fingerprint density at radius 1 is 1.19 bits per heavy atom. The molecule has 2 atom stereocenters. The van der Waals surface area contributed by atoms with Gasteiger partial charge in [0.2, 0.25) is 11.8 Å². The number of halogens is 5. The molecule has 3 heterocycles. The molecule has 0 unspecified atom stereocenters. The van der Waals surface area contributed by atoms with Gasteiger partial charge in [0.25, 0.3) is 0 Å². The Balaban J connectivity index is 1.53. The van der Waals surface area contributed by atoms with Gasteiger partial charge in [0, 0.05) is 49.6 Å². The third-order valence-electron chi connectivity index (χ3n) is 6.49. The van der Waals surface area contributed by atoms with E-state index in [0.717, 1.165) is 24.6 Å². The van der Waals surface area contributed by atoms with E-state index >= 15 is 0 Å². The predicted octanol–water partition coefficient (Wildman–Crippen LogP) is 3.30. The van der Waals surface area contributed by atoms with Gasteiger partial charge in [-0.25, -0.2) is 18.7 Å². The topological polar surface area (TPSA) is 92.4 Å². The van der Waals surface area contributed by atoms with Crippen LogP contribution in [0.5, 0.6) is 0 Å². The third-order valence-corrected chi connectivity index (χ3v) is 6.49. The minimum atomic E-state index is -4.80. The van der Waals surface area contributed by atoms with Crippen molar-refractivity contribution in [1.29, 1.82) is 0 Å². The highest BCUT2D eigenvalue weighted by atomic mass is 19.4. The number of fused-ring (bicyclic) bond motifs is 1. The summed E-state index contributed by atoms with van der Waals surface area (Å²) < 4.78 is 68.3. The van der Waals surface area contributed by atoms with Crippen molar-refractivity contribution in [3.63, 3.8) is 0 Å². The van der Waals surface area contributed by atoms with Crippen LogP contribution in [-0.2, 0) is 28.7 Å². The van der Waals surface area contributed by atoms with Crippen LogP contribution in [0.15, 0.2) is 18.2 Å². The fourth-order valence-corrected chi connectivity index (χ4v) is 4.62. The smallest absolute Gasteiger partial charge is 0.341 e. The molecule has 0 radical (unpaired) electrons. The number of likely N-dealkylation sites (tertiary alicyclic amines) is 1. The molecule has 1 aromatic carbocycles. The quantitative estimate of drug-likeness (QED) is 0.622. The first-order chi connectivity index (χ1) is 16.9. The van der Waals surface area contributed by atoms with Gasteiger partial charge in [-0.2, -0.15) is 13.2 Å². The van der Waals surface area contributed by atoms with E-state index in [0.29, 0.717) is 18.9 Å². The molecular weight excluding hydrogens is 485 g/mol. The molecule has 0 aliphatic carbocycles. The molecule has 0 spiro atoms. The van der Waals surface area contributed by atoms with Gasteiger partial charge in [-0.3, -0.25) is 9.59 Å². The zero-order chi connectivity index (χ0) is 26.2. The van der Waals surface area contributed by atoms with Crippen molar-refractivity contribution in [3.8, 4) is 11.4 Å². The largest absolute Gasteiger partial charge is 0.433 e. The molecule has 4 rings (SSSR count). The van der Waals surface area contributed by atoms with Crippen LogP contribution < -0.4 is 5.73 Å². The maximum atomic E-state index is 13.8. The fourth-order valence-electron chi connectivity index (χ4n) is 4.62. The van der Waals surface area contributed by atoms with Crippen LogP contribution >= 0.6 is 0 Å². The zero-order valence-electron chi connectivity index (χ0n) is 19.6. The average molecular weight is 511 g/mol. The van der Waals surface area contributed by atoms with Gasteiger partial charge < -0.3 is 15.5 Å². The number of amides is 2. The predicted molar refractivity (Wildman–Crippen MR) is 119 cm³/mol. The second-order valence-electron chi connectivity index (χ2n) is 9.42. The van der Waals surface area contributed by atoms with Gasteiger partial charge in [0.15, 0.2) is 23.2 Å². The number of aromatic nitrogens is 2. The maximum Gasteiger partial charge on any atom is 0.433 e. The van der Waals surface area contributed by atoms with Crippen molar-refractivity contribution in [2.24, 2.45) is 11.7 Å². The van der Waals surface area contributed by atoms with E-state index in [1.54, 1.807) is 4.90 Å². The molecule has 2 aliphatic heterocycles. The van der Waals surface area contributed by atoms with Gasteiger partial charge in [-0.05, 0) is 37.0 Å². The highest BCUT2D eigenvalue weighted by Gasteiger charge is 2.39. The summed E-state index contributed by atoms with van der Waals surface area (Å²) in [5.74, 6) is -2.84. The molecular formula is C24H26F5N5O2. The van der Waals surface area contributed by atoms with Crippen LogP contribution in [0.25, 0.3) is 11.4 Å². The number of carbonyl (C=O) groups excluding carboxylic acids is 2. The highest BCUT2D eigenvalue weighted by Crippen LogP contribution is 2.35. The van der Waals surface area contributed by atoms with Crippen LogP contribution in [0, 0.1) is 17.6 Å². The SMILES string of the molecule is C[C@@H]1CCC(=O)N(C[C@@H](N)CC(=O)N2CCc3c(nc(-c4ccc(F)c(F)c4)nc3C(F)(F)F)C2)C1. The van der Waals surface area contributed by atoms with Crippen molar-refractivity contribution in [1.82, 2.24) is 19.8 Å². The van der Waals surface area contributed by atoms with Gasteiger partial charge in [0.05, 0.1) is 12.2 Å². The Bertz CT molecular complexity index is 1170. The number of alkyl halides is 3. The van der Waals surface area contributed by atoms with E-state index in [2.05, 4.69) is 9.97 Å². The van der Waals surface area contributed by atoms with E-state index in [1.165, 1.54) is 4.90 Å². The van der Waals surface area contributed by atoms with Crippen molar-refractivity contribution in [2.75, 3.05) is 19.6 Å². The van der Waals surface area contributed by atoms with Crippen molar-refractivity contribution in [3.05, 3.63) is 46.8 Å². The first-order valence-electron chi connectivity index (χ1n) is 11.7. The van der Waals surface area contributed by atoms with E-state index in [1.807, 2.05) is 6.92 Å². The molecule has 2 N–H and O–H groups in total. The summed E-state index contributed by atoms with van der Waals surface area (Å²) in [4.78, 5) is 35.8. The minimum Gasteiger partial charge on any atom is -0.341 e. The van der Waals surface area contributed by atoms with Crippen LogP contribution in [-0.4, -0.2) is 57.3 Å². The Hall–Kier alpha value is -3.15. The monoisotopic (exact) mass is 511 g/mol. The Kier molecular flexibility index (Phi) is 7.26. The summed E-state index contributed by atoms with van der Waals surface area (Å²) in [5, 5.41) is 0. The number of nitrogens with two attached hydrogens (primary N) is 1. The fraction of sp³-hybridized carbons (Fsp3) is 0.500. The lowest BCUT2D eigenvalue weighted by molar-refractivity contribution is -0.142. The maximum absolute atomic E-state index is 13.8. The molecule has 0 saturated carbocycles. The molecule has 2 aliphatic rings. The summed E-state index contributed by atoms with van der Waals surface area (Å²) in [6, 6.07) is 1.98. The van der Waals surface area contributed by atoms with Crippen LogP contribution in [0.2, 0.25) is 0 Å². The number of piperidine rings is 1. The summed E-state index contributed by atoms with van der Waals surface area (Å²) in [5.41, 5.74) is 4.73. The Labute approximate surface area is 204 Å². The molecule has 1 fully saturated rings. The Morgan fingerprint density at radius 2 is 1.94 bits per heavy atom. The molecule has 12 heteroatoms. The van der Waals surface area contributed by atoms with E-state index < -0.39 is 35.4 Å². The van der Waals surface area contributed by atoms with Gasteiger partial charge in [0.1, 0.15) is 0 Å². The normalized spacial score (nSPS) is 19.3. The van der Waals surface area contributed by atoms with Crippen LogP contribution in [0.3, 0.4) is 0 Å². The lowest BCUT2D eigenvalue weighted by atomic mass is 9.98. The molecule has 0 bridgehead atoms. The number of rotatable bonds is 5. The second kappa shape index (κ2) is 10.1. The molecule has 36 heavy (non-hydrogen) atoms. The molecule has 1 aromatic heterocycles. The van der Waals surface area contributed by atoms with Crippen LogP contribution in [0.4, 0.5) is 22.0 Å². The second-order valence-corrected chi connectivity index (χ2v) is 9.42. The molecule has 2 aromatic rings. The van der Waals surface area contributed by atoms with E-state index in [4.69, 9.17) is 5.73 Å². The zero-order valence-corrected chi connectivity index (χ0v) is 19.6. The first kappa shape index (κ1) is 25.9. The van der Waals surface area contributed by atoms with Gasteiger partial charge in [-0.1, -0.05) is 6.92 Å². The standard InChI is InChI=1S/C24H26F5N5O2/c1-13-2-5-20(35)34(10-13)11-15(30)9-21(36)33-7-6-16-19(12-33)31-23(32-22(16)24(27,28)29)14-3-4-17(25)18(26)8-14/h3-4,8,13,15H,2,5-7,9-12,30H2,1H3/t13-,15+/m1/s1. The molecule has 2 amide bonds. The lowest BCUT2D eigenvalue weighted by Gasteiger charge is -2.34. The van der Waals surface area contributed by atoms with Crippen molar-refractivity contribution < 1.29 is 31.5 Å². The first-order valence-corrected chi connectivity index (χ1v) is 11.7. The highest BCUT2D eigenvalue weighted by molar-refractivity contribution is 5.78.